The Balaban J connectivity index is 1.91. The molecule has 0 radical (unpaired) electrons. The average Bonchev–Trinajstić information content (AvgIpc) is 2.52. The molecule has 0 saturated heterocycles. The average molecular weight is 375 g/mol. The van der Waals surface area contributed by atoms with Crippen molar-refractivity contribution >= 4 is 33.4 Å². The van der Waals surface area contributed by atoms with Crippen molar-refractivity contribution in [1.82, 2.24) is 4.90 Å². The first-order valence-electron chi connectivity index (χ1n) is 7.39. The molecule has 23 heavy (non-hydrogen) atoms. The van der Waals surface area contributed by atoms with Gasteiger partial charge in [0.05, 0.1) is 6.54 Å². The zero-order chi connectivity index (χ0) is 16.7. The number of hydrogen-bond acceptors (Lipinski definition) is 2. The van der Waals surface area contributed by atoms with E-state index in [1.165, 1.54) is 6.92 Å². The number of carbonyl (C=O) groups is 2. The van der Waals surface area contributed by atoms with E-state index in [-0.39, 0.29) is 18.4 Å². The number of halogens is 1. The fourth-order valence-corrected chi connectivity index (χ4v) is 2.60. The Labute approximate surface area is 144 Å². The van der Waals surface area contributed by atoms with Crippen LogP contribution in [0.3, 0.4) is 0 Å². The van der Waals surface area contributed by atoms with E-state index >= 15 is 0 Å². The number of benzene rings is 2. The molecular formula is C18H19BrN2O2. The first-order chi connectivity index (χ1) is 11.0. The zero-order valence-corrected chi connectivity index (χ0v) is 14.5. The Morgan fingerprint density at radius 1 is 1.09 bits per heavy atom. The molecule has 4 nitrogen and oxygen atoms in total. The first-order valence-corrected chi connectivity index (χ1v) is 8.19. The molecule has 0 aliphatic carbocycles. The minimum absolute atomic E-state index is 0.0503. The predicted molar refractivity (Wildman–Crippen MR) is 95.2 cm³/mol. The van der Waals surface area contributed by atoms with Crippen LogP contribution in [0.5, 0.6) is 0 Å². The summed E-state index contributed by atoms with van der Waals surface area (Å²) < 4.78 is 0.891. The second-order valence-corrected chi connectivity index (χ2v) is 6.15. The summed E-state index contributed by atoms with van der Waals surface area (Å²) >= 11 is 3.36. The van der Waals surface area contributed by atoms with Crippen LogP contribution in [-0.2, 0) is 16.0 Å². The van der Waals surface area contributed by atoms with Crippen LogP contribution < -0.4 is 5.32 Å². The maximum atomic E-state index is 12.1. The predicted octanol–water partition coefficient (Wildman–Crippen LogP) is 3.48. The summed E-state index contributed by atoms with van der Waals surface area (Å²) in [5.74, 6) is -0.309. The minimum atomic E-state index is -0.202. The van der Waals surface area contributed by atoms with E-state index in [1.54, 1.807) is 4.90 Å². The highest BCUT2D eigenvalue weighted by atomic mass is 79.9. The Hall–Kier alpha value is -2.14. The highest BCUT2D eigenvalue weighted by Gasteiger charge is 2.13. The van der Waals surface area contributed by atoms with Crippen LogP contribution in [-0.4, -0.2) is 29.8 Å². The molecule has 5 heteroatoms. The third kappa shape index (κ3) is 5.87. The van der Waals surface area contributed by atoms with Crippen molar-refractivity contribution in [3.63, 3.8) is 0 Å². The number of carbonyl (C=O) groups excluding carboxylic acids is 2. The molecule has 2 aromatic rings. The van der Waals surface area contributed by atoms with Crippen LogP contribution in [0.2, 0.25) is 0 Å². The van der Waals surface area contributed by atoms with Crippen molar-refractivity contribution in [3.8, 4) is 0 Å². The highest BCUT2D eigenvalue weighted by molar-refractivity contribution is 9.10. The molecule has 0 aliphatic rings. The molecule has 2 aromatic carbocycles. The molecule has 0 fully saturated rings. The minimum Gasteiger partial charge on any atom is -0.333 e. The second kappa shape index (κ2) is 8.48. The molecule has 0 heterocycles. The van der Waals surface area contributed by atoms with Crippen LogP contribution >= 0.6 is 15.9 Å². The van der Waals surface area contributed by atoms with E-state index in [2.05, 4.69) is 21.2 Å². The second-order valence-electron chi connectivity index (χ2n) is 5.23. The maximum Gasteiger partial charge on any atom is 0.243 e. The monoisotopic (exact) mass is 374 g/mol. The summed E-state index contributed by atoms with van der Waals surface area (Å²) in [6.07, 6.45) is 0.727. The van der Waals surface area contributed by atoms with Crippen molar-refractivity contribution in [2.24, 2.45) is 0 Å². The summed E-state index contributed by atoms with van der Waals surface area (Å²) in [5.41, 5.74) is 1.85. The fourth-order valence-electron chi connectivity index (χ4n) is 2.20. The topological polar surface area (TPSA) is 49.4 Å². The van der Waals surface area contributed by atoms with Gasteiger partial charge in [0.1, 0.15) is 0 Å². The largest absolute Gasteiger partial charge is 0.333 e. The number of hydrogen-bond donors (Lipinski definition) is 1. The number of nitrogens with zero attached hydrogens (tertiary/aromatic N) is 1. The van der Waals surface area contributed by atoms with Crippen molar-refractivity contribution in [3.05, 3.63) is 64.6 Å². The Morgan fingerprint density at radius 2 is 1.83 bits per heavy atom. The third-order valence-corrected chi connectivity index (χ3v) is 3.89. The Kier molecular flexibility index (Phi) is 6.35. The van der Waals surface area contributed by atoms with E-state index in [4.69, 9.17) is 0 Å². The van der Waals surface area contributed by atoms with E-state index < -0.39 is 0 Å². The molecule has 0 saturated carbocycles. The number of anilines is 1. The van der Waals surface area contributed by atoms with Gasteiger partial charge in [-0.1, -0.05) is 52.3 Å². The van der Waals surface area contributed by atoms with Gasteiger partial charge in [0.15, 0.2) is 0 Å². The molecule has 0 atom stereocenters. The molecule has 0 bridgehead atoms. The van der Waals surface area contributed by atoms with Crippen molar-refractivity contribution < 1.29 is 9.59 Å². The Morgan fingerprint density at radius 3 is 2.48 bits per heavy atom. The molecule has 120 valence electrons. The zero-order valence-electron chi connectivity index (χ0n) is 13.0. The van der Waals surface area contributed by atoms with E-state index in [0.717, 1.165) is 16.5 Å². The lowest BCUT2D eigenvalue weighted by molar-refractivity contribution is -0.132. The van der Waals surface area contributed by atoms with Crippen molar-refractivity contribution in [1.29, 1.82) is 0 Å². The molecule has 2 rings (SSSR count). The molecule has 0 aliphatic heterocycles. The lowest BCUT2D eigenvalue weighted by atomic mass is 10.1. The first kappa shape index (κ1) is 17.2. The summed E-state index contributed by atoms with van der Waals surface area (Å²) in [6.45, 7) is 2.05. The molecular weight excluding hydrogens is 356 g/mol. The molecule has 0 spiro atoms. The summed E-state index contributed by atoms with van der Waals surface area (Å²) in [7, 11) is 0. The molecule has 2 amide bonds. The number of rotatable bonds is 6. The van der Waals surface area contributed by atoms with Crippen molar-refractivity contribution in [2.75, 3.05) is 18.4 Å². The smallest absolute Gasteiger partial charge is 0.243 e. The van der Waals surface area contributed by atoms with Gasteiger partial charge in [-0.2, -0.15) is 0 Å². The van der Waals surface area contributed by atoms with E-state index in [9.17, 15) is 9.59 Å². The van der Waals surface area contributed by atoms with E-state index in [0.29, 0.717) is 12.2 Å². The SMILES string of the molecule is CC(=O)N(CCc1ccccc1)CC(=O)Nc1cccc(Br)c1. The van der Waals surface area contributed by atoms with Gasteiger partial charge in [-0.3, -0.25) is 9.59 Å². The van der Waals surface area contributed by atoms with Gasteiger partial charge in [-0.05, 0) is 30.2 Å². The van der Waals surface area contributed by atoms with Crippen LogP contribution in [0.15, 0.2) is 59.1 Å². The lowest BCUT2D eigenvalue weighted by Crippen LogP contribution is -2.38. The van der Waals surface area contributed by atoms with Gasteiger partial charge >= 0.3 is 0 Å². The van der Waals surface area contributed by atoms with Gasteiger partial charge in [-0.25, -0.2) is 0 Å². The quantitative estimate of drug-likeness (QED) is 0.841. The number of nitrogens with one attached hydrogen (secondary N) is 1. The molecule has 0 unspecified atom stereocenters. The Bertz CT molecular complexity index is 674. The molecule has 0 aromatic heterocycles. The van der Waals surface area contributed by atoms with Gasteiger partial charge in [0, 0.05) is 23.6 Å². The summed E-state index contributed by atoms with van der Waals surface area (Å²) in [4.78, 5) is 25.4. The summed E-state index contributed by atoms with van der Waals surface area (Å²) in [6, 6.07) is 17.3. The fraction of sp³-hybridized carbons (Fsp3) is 0.222. The van der Waals surface area contributed by atoms with Gasteiger partial charge in [0.25, 0.3) is 0 Å². The van der Waals surface area contributed by atoms with Gasteiger partial charge < -0.3 is 10.2 Å². The van der Waals surface area contributed by atoms with E-state index in [1.807, 2.05) is 54.6 Å². The highest BCUT2D eigenvalue weighted by Crippen LogP contribution is 2.15. The number of amides is 2. The summed E-state index contributed by atoms with van der Waals surface area (Å²) in [5, 5.41) is 2.80. The van der Waals surface area contributed by atoms with Crippen LogP contribution in [0.1, 0.15) is 12.5 Å². The third-order valence-electron chi connectivity index (χ3n) is 3.40. The van der Waals surface area contributed by atoms with Gasteiger partial charge in [-0.15, -0.1) is 0 Å². The van der Waals surface area contributed by atoms with Crippen molar-refractivity contribution in [2.45, 2.75) is 13.3 Å². The maximum absolute atomic E-state index is 12.1. The standard InChI is InChI=1S/C18H19BrN2O2/c1-14(22)21(11-10-15-6-3-2-4-7-15)13-18(23)20-17-9-5-8-16(19)12-17/h2-9,12H,10-11,13H2,1H3,(H,20,23). The van der Waals surface area contributed by atoms with Gasteiger partial charge in [0.2, 0.25) is 11.8 Å². The van der Waals surface area contributed by atoms with Crippen LogP contribution in [0.4, 0.5) is 5.69 Å². The lowest BCUT2D eigenvalue weighted by Gasteiger charge is -2.20. The van der Waals surface area contributed by atoms with Crippen LogP contribution in [0.25, 0.3) is 0 Å². The normalized spacial score (nSPS) is 10.2. The molecule has 1 N–H and O–H groups in total. The van der Waals surface area contributed by atoms with Crippen LogP contribution in [0, 0.1) is 0 Å².